The molecule has 1 aliphatic rings. The molecule has 9 nitrogen and oxygen atoms in total. The minimum Gasteiger partial charge on any atom is -0.317 e. The molecule has 0 radical (unpaired) electrons. The maximum atomic E-state index is 11.6. The van der Waals surface area contributed by atoms with Gasteiger partial charge < -0.3 is 4.90 Å². The van der Waals surface area contributed by atoms with Crippen LogP contribution in [0.5, 0.6) is 0 Å². The number of benzene rings is 2. The van der Waals surface area contributed by atoms with E-state index in [-0.39, 0.29) is 1.43 Å². The van der Waals surface area contributed by atoms with Crippen LogP contribution in [0.25, 0.3) is 16.3 Å². The third kappa shape index (κ3) is 7.49. The van der Waals surface area contributed by atoms with Crippen molar-refractivity contribution in [2.24, 2.45) is 0 Å². The Morgan fingerprint density at radius 3 is 2.29 bits per heavy atom. The normalized spacial score (nSPS) is 14.9. The van der Waals surface area contributed by atoms with E-state index < -0.39 is 32.0 Å². The number of hydrogen-bond donors (Lipinski definition) is 2. The van der Waals surface area contributed by atoms with Crippen LogP contribution in [-0.4, -0.2) is 36.8 Å². The van der Waals surface area contributed by atoms with E-state index in [2.05, 4.69) is 4.98 Å². The first-order valence-corrected chi connectivity index (χ1v) is 16.0. The Balaban J connectivity index is 0.000000531. The number of nitrogens with zero attached hydrogens (tertiary/aromatic N) is 3. The van der Waals surface area contributed by atoms with Crippen LogP contribution in [0.1, 0.15) is 13.4 Å². The lowest BCUT2D eigenvalue weighted by molar-refractivity contribution is -0.649. The predicted octanol–water partition coefficient (Wildman–Crippen LogP) is 5.06. The Kier molecular flexibility index (Phi) is 8.65. The van der Waals surface area contributed by atoms with Gasteiger partial charge in [-0.05, 0) is 48.9 Å². The van der Waals surface area contributed by atoms with Gasteiger partial charge in [-0.15, -0.1) is 0 Å². The van der Waals surface area contributed by atoms with E-state index in [4.69, 9.17) is 0 Å². The molecule has 0 aliphatic carbocycles. The molecule has 2 aromatic carbocycles. The van der Waals surface area contributed by atoms with Crippen molar-refractivity contribution in [1.29, 1.82) is 0 Å². The number of anilines is 1. The Morgan fingerprint density at radius 1 is 0.974 bits per heavy atom. The zero-order valence-corrected chi connectivity index (χ0v) is 23.3. The Morgan fingerprint density at radius 2 is 1.66 bits per heavy atom. The van der Waals surface area contributed by atoms with Crippen LogP contribution >= 0.6 is 23.1 Å². The molecule has 2 N–H and O–H groups in total. The molecule has 2 aromatic heterocycles. The van der Waals surface area contributed by atoms with Gasteiger partial charge in [-0.3, -0.25) is 14.1 Å². The van der Waals surface area contributed by atoms with Crippen LogP contribution in [0, 0.1) is 0 Å². The standard InChI is InChI=1S/C20H18N2O6S4.C5H5N.H2/c1-14(10-19-21(12-31(23,24)25)15-6-2-4-8-17(15)29-19)11-20-22(13-32(26,27)28)16-7-3-5-9-18(16)30-20;1-2-4-6-5-3-1;/h2-11H,12-13H2,1H3,(H-,23,24,25,26,27,28);1-5H;1H/p+1. The van der Waals surface area contributed by atoms with Crippen LogP contribution in [-0.2, 0) is 26.1 Å². The molecule has 0 amide bonds. The van der Waals surface area contributed by atoms with Gasteiger partial charge in [0.2, 0.25) is 5.52 Å². The monoisotopic (exact) mass is 592 g/mol. The fourth-order valence-electron chi connectivity index (χ4n) is 3.66. The highest BCUT2D eigenvalue weighted by atomic mass is 32.2. The van der Waals surface area contributed by atoms with E-state index in [0.29, 0.717) is 21.2 Å². The molecule has 1 aliphatic heterocycles. The summed E-state index contributed by atoms with van der Waals surface area (Å²) in [5.41, 5.74) is 2.09. The summed E-state index contributed by atoms with van der Waals surface area (Å²) in [4.78, 5) is 6.16. The van der Waals surface area contributed by atoms with Crippen molar-refractivity contribution < 1.29 is 31.9 Å². The summed E-state index contributed by atoms with van der Waals surface area (Å²) in [7, 11) is -8.53. The number of thioether (sulfide) groups is 1. The average molecular weight is 593 g/mol. The predicted molar refractivity (Wildman–Crippen MR) is 153 cm³/mol. The van der Waals surface area contributed by atoms with Gasteiger partial charge in [-0.2, -0.15) is 21.4 Å². The van der Waals surface area contributed by atoms with E-state index in [1.54, 1.807) is 48.8 Å². The lowest BCUT2D eigenvalue weighted by atomic mass is 10.2. The number of hydrogen-bond acceptors (Lipinski definition) is 8. The molecule has 13 heteroatoms. The summed E-state index contributed by atoms with van der Waals surface area (Å²) in [6, 6.07) is 20.3. The maximum Gasteiger partial charge on any atom is 0.326 e. The Bertz CT molecular complexity index is 1700. The fraction of sp³-hybridized carbons (Fsp3) is 0.120. The van der Waals surface area contributed by atoms with Gasteiger partial charge in [0, 0.05) is 30.9 Å². The van der Waals surface area contributed by atoms with Crippen molar-refractivity contribution in [2.75, 3.05) is 10.8 Å². The second kappa shape index (κ2) is 11.8. The number of allylic oxidation sites excluding steroid dienone is 2. The number of rotatable bonds is 6. The van der Waals surface area contributed by atoms with Gasteiger partial charge in [-0.1, -0.05) is 53.4 Å². The first-order valence-electron chi connectivity index (χ1n) is 11.1. The van der Waals surface area contributed by atoms with Gasteiger partial charge in [0.15, 0.2) is 5.88 Å². The quantitative estimate of drug-likeness (QED) is 0.233. The summed E-state index contributed by atoms with van der Waals surface area (Å²) in [5.74, 6) is -1.16. The molecule has 0 spiro atoms. The van der Waals surface area contributed by atoms with E-state index in [1.165, 1.54) is 32.6 Å². The van der Waals surface area contributed by atoms with Gasteiger partial charge >= 0.3 is 10.1 Å². The van der Waals surface area contributed by atoms with E-state index in [9.17, 15) is 25.9 Å². The summed E-state index contributed by atoms with van der Waals surface area (Å²) in [6.07, 6.45) is 7.05. The molecule has 0 atom stereocenters. The highest BCUT2D eigenvalue weighted by molar-refractivity contribution is 8.03. The minimum atomic E-state index is -4.27. The molecule has 0 unspecified atom stereocenters. The van der Waals surface area contributed by atoms with Crippen LogP contribution in [0.3, 0.4) is 0 Å². The highest BCUT2D eigenvalue weighted by Gasteiger charge is 2.28. The smallest absolute Gasteiger partial charge is 0.317 e. The van der Waals surface area contributed by atoms with E-state index in [0.717, 1.165) is 15.2 Å². The van der Waals surface area contributed by atoms with Gasteiger partial charge in [-0.25, -0.2) is 0 Å². The van der Waals surface area contributed by atoms with Crippen molar-refractivity contribution in [3.63, 3.8) is 0 Å². The van der Waals surface area contributed by atoms with Crippen molar-refractivity contribution in [1.82, 2.24) is 4.98 Å². The summed E-state index contributed by atoms with van der Waals surface area (Å²) in [5, 5.41) is 1.22. The molecule has 0 bridgehead atoms. The first-order chi connectivity index (χ1) is 18.0. The van der Waals surface area contributed by atoms with Crippen LogP contribution in [0.15, 0.2) is 101 Å². The lowest BCUT2D eigenvalue weighted by Crippen LogP contribution is -2.39. The molecule has 200 valence electrons. The summed E-state index contributed by atoms with van der Waals surface area (Å²) >= 11 is 2.75. The molecule has 38 heavy (non-hydrogen) atoms. The zero-order chi connectivity index (χ0) is 27.3. The summed E-state index contributed by atoms with van der Waals surface area (Å²) < 4.78 is 67.5. The molecule has 4 aromatic rings. The number of pyridine rings is 1. The molecular formula is C25H26N3O6S4+. The van der Waals surface area contributed by atoms with E-state index in [1.807, 2.05) is 49.4 Å². The molecular weight excluding hydrogens is 567 g/mol. The van der Waals surface area contributed by atoms with Crippen LogP contribution < -0.4 is 9.47 Å². The van der Waals surface area contributed by atoms with Crippen molar-refractivity contribution in [3.8, 4) is 0 Å². The van der Waals surface area contributed by atoms with Crippen LogP contribution in [0.2, 0.25) is 0 Å². The van der Waals surface area contributed by atoms with Gasteiger partial charge in [0.05, 0.1) is 10.7 Å². The highest BCUT2D eigenvalue weighted by Crippen LogP contribution is 2.46. The minimum absolute atomic E-state index is 0. The number of para-hydroxylation sites is 2. The summed E-state index contributed by atoms with van der Waals surface area (Å²) in [6.45, 7) is 1.81. The maximum absolute atomic E-state index is 11.6. The van der Waals surface area contributed by atoms with E-state index >= 15 is 0 Å². The molecule has 0 fully saturated rings. The Labute approximate surface area is 230 Å². The SMILES string of the molecule is CC(=Cc1sc2ccccc2[n+]1CS(=O)(=O)O)C=C1Sc2ccccc2N1CS(=O)(=O)O.[HH].c1ccncc1. The number of aromatic nitrogens is 2. The van der Waals surface area contributed by atoms with Gasteiger partial charge in [0.1, 0.15) is 4.70 Å². The Hall–Kier alpha value is -3.07. The molecule has 0 saturated carbocycles. The topological polar surface area (TPSA) is 129 Å². The lowest BCUT2D eigenvalue weighted by Gasteiger charge is -2.18. The largest absolute Gasteiger partial charge is 0.326 e. The second-order valence-electron chi connectivity index (χ2n) is 8.15. The van der Waals surface area contributed by atoms with Crippen LogP contribution in [0.4, 0.5) is 5.69 Å². The number of fused-ring (bicyclic) bond motifs is 2. The first kappa shape index (κ1) is 28.0. The average Bonchev–Trinajstić information content (AvgIpc) is 3.36. The molecule has 0 saturated heterocycles. The number of thiazole rings is 1. The van der Waals surface area contributed by atoms with Crippen molar-refractivity contribution in [2.45, 2.75) is 17.7 Å². The third-order valence-electron chi connectivity index (χ3n) is 5.13. The van der Waals surface area contributed by atoms with Crippen molar-refractivity contribution >= 4 is 65.3 Å². The third-order valence-corrected chi connectivity index (χ3v) is 8.52. The zero-order valence-electron chi connectivity index (χ0n) is 20.1. The van der Waals surface area contributed by atoms with Gasteiger partial charge in [0.25, 0.3) is 21.0 Å². The van der Waals surface area contributed by atoms with Crippen molar-refractivity contribution in [3.05, 3.63) is 101 Å². The second-order valence-corrected chi connectivity index (χ2v) is 13.1. The molecule has 5 rings (SSSR count). The fourth-order valence-corrected chi connectivity index (χ4v) is 7.37. The molecule has 3 heterocycles.